The van der Waals surface area contributed by atoms with Crippen LogP contribution in [0.2, 0.25) is 0 Å². The Morgan fingerprint density at radius 3 is 2.92 bits per heavy atom. The van der Waals surface area contributed by atoms with Gasteiger partial charge in [-0.1, -0.05) is 12.1 Å². The smallest absolute Gasteiger partial charge is 0.324 e. The van der Waals surface area contributed by atoms with Gasteiger partial charge in [0.1, 0.15) is 0 Å². The fourth-order valence-electron chi connectivity index (χ4n) is 3.05. The SMILES string of the molecule is O=C(NCC1CCCNC1)c1cccc(CN2C(=O)CNC2=O)c1. The van der Waals surface area contributed by atoms with Crippen molar-refractivity contribution < 1.29 is 14.4 Å². The van der Waals surface area contributed by atoms with Gasteiger partial charge in [-0.15, -0.1) is 0 Å². The first-order valence-corrected chi connectivity index (χ1v) is 8.29. The van der Waals surface area contributed by atoms with Crippen molar-refractivity contribution in [1.82, 2.24) is 20.9 Å². The third-order valence-corrected chi connectivity index (χ3v) is 4.42. The molecule has 1 atom stereocenters. The van der Waals surface area contributed by atoms with Crippen LogP contribution in [-0.2, 0) is 11.3 Å². The van der Waals surface area contributed by atoms with Crippen molar-refractivity contribution in [3.05, 3.63) is 35.4 Å². The van der Waals surface area contributed by atoms with Gasteiger partial charge in [-0.05, 0) is 49.5 Å². The van der Waals surface area contributed by atoms with E-state index in [9.17, 15) is 14.4 Å². The third-order valence-electron chi connectivity index (χ3n) is 4.42. The van der Waals surface area contributed by atoms with Crippen molar-refractivity contribution in [3.8, 4) is 0 Å². The molecule has 0 bridgehead atoms. The average Bonchev–Trinajstić information content (AvgIpc) is 2.93. The number of imide groups is 1. The molecule has 0 aliphatic carbocycles. The van der Waals surface area contributed by atoms with Crippen molar-refractivity contribution in [2.75, 3.05) is 26.2 Å². The maximum Gasteiger partial charge on any atom is 0.324 e. The van der Waals surface area contributed by atoms with Gasteiger partial charge in [0, 0.05) is 12.1 Å². The molecule has 0 saturated carbocycles. The summed E-state index contributed by atoms with van der Waals surface area (Å²) in [6.45, 7) is 2.86. The van der Waals surface area contributed by atoms with E-state index in [-0.39, 0.29) is 30.9 Å². The van der Waals surface area contributed by atoms with Crippen LogP contribution < -0.4 is 16.0 Å². The summed E-state index contributed by atoms with van der Waals surface area (Å²) in [6, 6.07) is 6.66. The Balaban J connectivity index is 1.58. The summed E-state index contributed by atoms with van der Waals surface area (Å²) in [5.41, 5.74) is 1.30. The van der Waals surface area contributed by atoms with Crippen molar-refractivity contribution in [2.45, 2.75) is 19.4 Å². The zero-order valence-corrected chi connectivity index (χ0v) is 13.5. The number of carbonyl (C=O) groups is 3. The van der Waals surface area contributed by atoms with E-state index in [1.807, 2.05) is 0 Å². The van der Waals surface area contributed by atoms with Gasteiger partial charge in [0.05, 0.1) is 13.1 Å². The van der Waals surface area contributed by atoms with Gasteiger partial charge in [-0.3, -0.25) is 14.5 Å². The molecule has 3 rings (SSSR count). The lowest BCUT2D eigenvalue weighted by molar-refractivity contribution is -0.125. The van der Waals surface area contributed by atoms with Crippen molar-refractivity contribution >= 4 is 17.8 Å². The molecule has 24 heavy (non-hydrogen) atoms. The quantitative estimate of drug-likeness (QED) is 0.685. The maximum absolute atomic E-state index is 12.3. The van der Waals surface area contributed by atoms with Crippen molar-refractivity contribution in [2.24, 2.45) is 5.92 Å². The summed E-state index contributed by atoms with van der Waals surface area (Å²) < 4.78 is 0. The zero-order valence-electron chi connectivity index (χ0n) is 13.5. The molecule has 0 radical (unpaired) electrons. The second-order valence-corrected chi connectivity index (χ2v) is 6.26. The lowest BCUT2D eigenvalue weighted by Crippen LogP contribution is -2.38. The van der Waals surface area contributed by atoms with E-state index >= 15 is 0 Å². The monoisotopic (exact) mass is 330 g/mol. The van der Waals surface area contributed by atoms with Gasteiger partial charge < -0.3 is 16.0 Å². The largest absolute Gasteiger partial charge is 0.352 e. The van der Waals surface area contributed by atoms with E-state index in [1.165, 1.54) is 0 Å². The number of benzene rings is 1. The van der Waals surface area contributed by atoms with Gasteiger partial charge >= 0.3 is 6.03 Å². The molecule has 4 amide bonds. The molecule has 2 aliphatic heterocycles. The number of urea groups is 1. The first kappa shape index (κ1) is 16.4. The van der Waals surface area contributed by atoms with Crippen LogP contribution in [0.25, 0.3) is 0 Å². The molecule has 1 aromatic carbocycles. The highest BCUT2D eigenvalue weighted by atomic mass is 16.2. The number of nitrogens with zero attached hydrogens (tertiary/aromatic N) is 1. The lowest BCUT2D eigenvalue weighted by Gasteiger charge is -2.22. The first-order valence-electron chi connectivity index (χ1n) is 8.29. The average molecular weight is 330 g/mol. The molecular weight excluding hydrogens is 308 g/mol. The Hall–Kier alpha value is -2.41. The van der Waals surface area contributed by atoms with Gasteiger partial charge in [-0.2, -0.15) is 0 Å². The number of nitrogens with one attached hydrogen (secondary N) is 3. The van der Waals surface area contributed by atoms with Crippen molar-refractivity contribution in [1.29, 1.82) is 0 Å². The third kappa shape index (κ3) is 3.91. The highest BCUT2D eigenvalue weighted by molar-refractivity contribution is 6.02. The van der Waals surface area contributed by atoms with E-state index in [4.69, 9.17) is 0 Å². The van der Waals surface area contributed by atoms with Crippen LogP contribution in [0.1, 0.15) is 28.8 Å². The summed E-state index contributed by atoms with van der Waals surface area (Å²) in [5.74, 6) is 0.0936. The molecule has 2 heterocycles. The Morgan fingerprint density at radius 2 is 2.21 bits per heavy atom. The summed E-state index contributed by atoms with van der Waals surface area (Å²) >= 11 is 0. The molecule has 0 spiro atoms. The predicted octanol–water partition coefficient (Wildman–Crippen LogP) is 0.468. The summed E-state index contributed by atoms with van der Waals surface area (Å²) in [6.07, 6.45) is 2.27. The van der Waals surface area contributed by atoms with Crippen LogP contribution in [0.15, 0.2) is 24.3 Å². The molecule has 2 saturated heterocycles. The summed E-state index contributed by atoms with van der Waals surface area (Å²) in [4.78, 5) is 36.7. The molecule has 2 aliphatic rings. The van der Waals surface area contributed by atoms with Gasteiger partial charge in [0.25, 0.3) is 5.91 Å². The maximum atomic E-state index is 12.3. The molecule has 7 nitrogen and oxygen atoms in total. The fourth-order valence-corrected chi connectivity index (χ4v) is 3.05. The van der Waals surface area contributed by atoms with Crippen LogP contribution in [0.4, 0.5) is 4.79 Å². The van der Waals surface area contributed by atoms with E-state index in [1.54, 1.807) is 24.3 Å². The molecule has 7 heteroatoms. The van der Waals surface area contributed by atoms with Crippen LogP contribution >= 0.6 is 0 Å². The van der Waals surface area contributed by atoms with E-state index in [0.717, 1.165) is 36.4 Å². The second kappa shape index (κ2) is 7.44. The molecule has 128 valence electrons. The summed E-state index contributed by atoms with van der Waals surface area (Å²) in [5, 5.41) is 8.78. The molecular formula is C17H22N4O3. The molecule has 1 unspecified atom stereocenters. The number of rotatable bonds is 5. The summed E-state index contributed by atoms with van der Waals surface area (Å²) in [7, 11) is 0. The number of amides is 4. The first-order chi connectivity index (χ1) is 11.6. The van der Waals surface area contributed by atoms with E-state index in [2.05, 4.69) is 16.0 Å². The highest BCUT2D eigenvalue weighted by Crippen LogP contribution is 2.12. The highest BCUT2D eigenvalue weighted by Gasteiger charge is 2.28. The van der Waals surface area contributed by atoms with Crippen LogP contribution in [0.3, 0.4) is 0 Å². The normalized spacial score (nSPS) is 20.8. The standard InChI is InChI=1S/C17H22N4O3/c22-15-10-20-17(24)21(15)11-12-3-1-5-14(7-12)16(23)19-9-13-4-2-6-18-8-13/h1,3,5,7,13,18H,2,4,6,8-11H2,(H,19,23)(H,20,24). The minimum atomic E-state index is -0.389. The molecule has 3 N–H and O–H groups in total. The van der Waals surface area contributed by atoms with Gasteiger partial charge in [0.2, 0.25) is 5.91 Å². The van der Waals surface area contributed by atoms with E-state index < -0.39 is 0 Å². The fraction of sp³-hybridized carbons (Fsp3) is 0.471. The Morgan fingerprint density at radius 1 is 1.33 bits per heavy atom. The van der Waals surface area contributed by atoms with Crippen LogP contribution in [-0.4, -0.2) is 48.9 Å². The minimum absolute atomic E-state index is 0.0361. The molecule has 1 aromatic rings. The Labute approximate surface area is 140 Å². The number of hydrogen-bond acceptors (Lipinski definition) is 4. The van der Waals surface area contributed by atoms with Gasteiger partial charge in [0.15, 0.2) is 0 Å². The molecule has 0 aromatic heterocycles. The molecule has 2 fully saturated rings. The second-order valence-electron chi connectivity index (χ2n) is 6.26. The predicted molar refractivity (Wildman–Crippen MR) is 88.3 cm³/mol. The Kier molecular flexibility index (Phi) is 5.10. The zero-order chi connectivity index (χ0) is 16.9. The van der Waals surface area contributed by atoms with Crippen LogP contribution in [0, 0.1) is 5.92 Å². The van der Waals surface area contributed by atoms with Crippen molar-refractivity contribution in [3.63, 3.8) is 0 Å². The number of carbonyl (C=O) groups excluding carboxylic acids is 3. The lowest BCUT2D eigenvalue weighted by atomic mass is 9.99. The number of hydrogen-bond donors (Lipinski definition) is 3. The van der Waals surface area contributed by atoms with E-state index in [0.29, 0.717) is 18.0 Å². The Bertz CT molecular complexity index is 624. The minimum Gasteiger partial charge on any atom is -0.352 e. The van der Waals surface area contributed by atoms with Crippen LogP contribution in [0.5, 0.6) is 0 Å². The number of piperidine rings is 1. The van der Waals surface area contributed by atoms with Gasteiger partial charge in [-0.25, -0.2) is 4.79 Å². The topological polar surface area (TPSA) is 90.5 Å².